The van der Waals surface area contributed by atoms with Gasteiger partial charge in [-0.05, 0) is 55.0 Å². The van der Waals surface area contributed by atoms with Gasteiger partial charge in [-0.15, -0.1) is 0 Å². The van der Waals surface area contributed by atoms with Gasteiger partial charge in [-0.25, -0.2) is 0 Å². The summed E-state index contributed by atoms with van der Waals surface area (Å²) in [7, 11) is 0. The summed E-state index contributed by atoms with van der Waals surface area (Å²) in [6, 6.07) is 0. The Morgan fingerprint density at radius 3 is 1.95 bits per heavy atom. The molecule has 2 nitrogen and oxygen atoms in total. The zero-order valence-corrected chi connectivity index (χ0v) is 13.6. The number of allylic oxidation sites excluding steroid dienone is 2. The van der Waals surface area contributed by atoms with Gasteiger partial charge < -0.3 is 9.80 Å². The molecular weight excluding hydrogens is 244 g/mol. The van der Waals surface area contributed by atoms with Crippen molar-refractivity contribution in [3.05, 3.63) is 11.6 Å². The summed E-state index contributed by atoms with van der Waals surface area (Å²) >= 11 is 0. The minimum atomic E-state index is 0.474. The van der Waals surface area contributed by atoms with Crippen LogP contribution in [0, 0.1) is 35.0 Å². The maximum absolute atomic E-state index is 2.71. The van der Waals surface area contributed by atoms with Gasteiger partial charge in [0.15, 0.2) is 0 Å². The van der Waals surface area contributed by atoms with Crippen molar-refractivity contribution < 1.29 is 0 Å². The summed E-state index contributed by atoms with van der Waals surface area (Å²) in [6.07, 6.45) is 2.71. The summed E-state index contributed by atoms with van der Waals surface area (Å²) in [5.74, 6) is 4.63. The highest BCUT2D eigenvalue weighted by Gasteiger charge is 2.63. The average molecular weight is 274 g/mol. The van der Waals surface area contributed by atoms with E-state index in [1.54, 1.807) is 5.57 Å². The molecule has 0 aromatic carbocycles. The highest BCUT2D eigenvalue weighted by molar-refractivity contribution is 5.30. The third kappa shape index (κ3) is 1.53. The monoisotopic (exact) mass is 274 g/mol. The highest BCUT2D eigenvalue weighted by atomic mass is 15.2. The average Bonchev–Trinajstić information content (AvgIpc) is 3.03. The van der Waals surface area contributed by atoms with E-state index in [1.165, 1.54) is 39.3 Å². The van der Waals surface area contributed by atoms with E-state index in [1.807, 2.05) is 0 Å². The lowest BCUT2D eigenvalue weighted by Gasteiger charge is -2.57. The Bertz CT molecular complexity index is 413. The zero-order valence-electron chi connectivity index (χ0n) is 13.6. The minimum Gasteiger partial charge on any atom is -0.303 e. The molecular formula is C18H30N2. The number of rotatable bonds is 2. The second kappa shape index (κ2) is 4.33. The van der Waals surface area contributed by atoms with Crippen LogP contribution < -0.4 is 0 Å². The molecule has 4 atom stereocenters. The van der Waals surface area contributed by atoms with E-state index in [0.717, 1.165) is 29.6 Å². The third-order valence-electron chi connectivity index (χ3n) is 7.36. The van der Waals surface area contributed by atoms with Crippen molar-refractivity contribution in [3.63, 3.8) is 0 Å². The SMILES string of the molecule is CCN1CC2C3C(C)=CC(C)(C2C1)C1CN(CC)CC31. The Labute approximate surface area is 124 Å². The molecule has 5 aliphatic rings. The molecule has 5 rings (SSSR count). The van der Waals surface area contributed by atoms with Crippen LogP contribution in [0.25, 0.3) is 0 Å². The molecule has 112 valence electrons. The fourth-order valence-corrected chi connectivity index (χ4v) is 6.46. The standard InChI is InChI=1S/C18H30N2/c1-5-19-8-13-15(10-19)18(4)7-12(3)17(13)14-9-20(6-2)11-16(14)18/h7,13-17H,5-6,8-11H2,1-4H3. The van der Waals surface area contributed by atoms with Gasteiger partial charge in [-0.3, -0.25) is 0 Å². The molecule has 1 saturated carbocycles. The first-order valence-corrected chi connectivity index (χ1v) is 8.72. The fourth-order valence-electron chi connectivity index (χ4n) is 6.46. The van der Waals surface area contributed by atoms with E-state index in [0.29, 0.717) is 5.41 Å². The van der Waals surface area contributed by atoms with E-state index in [-0.39, 0.29) is 0 Å². The minimum absolute atomic E-state index is 0.474. The van der Waals surface area contributed by atoms with Crippen LogP contribution in [-0.4, -0.2) is 49.1 Å². The van der Waals surface area contributed by atoms with Crippen molar-refractivity contribution in [2.75, 3.05) is 39.3 Å². The fraction of sp³-hybridized carbons (Fsp3) is 0.889. The smallest absolute Gasteiger partial charge is 0.00213 e. The molecule has 2 saturated heterocycles. The maximum atomic E-state index is 2.71. The van der Waals surface area contributed by atoms with Gasteiger partial charge >= 0.3 is 0 Å². The molecule has 0 aromatic rings. The third-order valence-corrected chi connectivity index (χ3v) is 7.36. The Kier molecular flexibility index (Phi) is 2.89. The molecule has 0 radical (unpaired) electrons. The first kappa shape index (κ1) is 13.3. The van der Waals surface area contributed by atoms with E-state index >= 15 is 0 Å². The lowest BCUT2D eigenvalue weighted by atomic mass is 9.46. The Hall–Kier alpha value is -0.340. The largest absolute Gasteiger partial charge is 0.303 e. The summed E-state index contributed by atoms with van der Waals surface area (Å²) in [5.41, 5.74) is 2.20. The second-order valence-corrected chi connectivity index (χ2v) is 8.03. The highest BCUT2D eigenvalue weighted by Crippen LogP contribution is 2.64. The lowest BCUT2D eigenvalue weighted by Crippen LogP contribution is -2.54. The molecule has 20 heavy (non-hydrogen) atoms. The van der Waals surface area contributed by atoms with E-state index < -0.39 is 0 Å². The normalized spacial score (nSPS) is 51.2. The molecule has 2 heteroatoms. The number of likely N-dealkylation sites (tertiary alicyclic amines) is 2. The van der Waals surface area contributed by atoms with E-state index in [4.69, 9.17) is 0 Å². The predicted octanol–water partition coefficient (Wildman–Crippen LogP) is 2.72. The summed E-state index contributed by atoms with van der Waals surface area (Å²) in [5, 5.41) is 0. The van der Waals surface area contributed by atoms with Gasteiger partial charge in [0.05, 0.1) is 0 Å². The van der Waals surface area contributed by atoms with Crippen LogP contribution in [0.5, 0.6) is 0 Å². The Balaban J connectivity index is 1.73. The van der Waals surface area contributed by atoms with Crippen molar-refractivity contribution in [1.82, 2.24) is 9.80 Å². The van der Waals surface area contributed by atoms with Crippen LogP contribution in [0.2, 0.25) is 0 Å². The molecule has 3 aliphatic carbocycles. The summed E-state index contributed by atoms with van der Waals surface area (Å²) in [6.45, 7) is 17.6. The molecule has 0 amide bonds. The maximum Gasteiger partial charge on any atom is 0.00213 e. The van der Waals surface area contributed by atoms with Crippen molar-refractivity contribution in [3.8, 4) is 0 Å². The first-order valence-electron chi connectivity index (χ1n) is 8.72. The quantitative estimate of drug-likeness (QED) is 0.714. The molecule has 0 aromatic heterocycles. The molecule has 4 unspecified atom stereocenters. The molecule has 2 aliphatic heterocycles. The Morgan fingerprint density at radius 2 is 1.50 bits per heavy atom. The molecule has 0 N–H and O–H groups in total. The van der Waals surface area contributed by atoms with Gasteiger partial charge in [0, 0.05) is 26.2 Å². The van der Waals surface area contributed by atoms with Crippen molar-refractivity contribution >= 4 is 0 Å². The van der Waals surface area contributed by atoms with E-state index in [2.05, 4.69) is 43.6 Å². The molecule has 3 fully saturated rings. The van der Waals surface area contributed by atoms with Gasteiger partial charge in [-0.2, -0.15) is 0 Å². The van der Waals surface area contributed by atoms with Gasteiger partial charge in [0.1, 0.15) is 0 Å². The number of hydrogen-bond donors (Lipinski definition) is 0. The number of hydrogen-bond acceptors (Lipinski definition) is 2. The van der Waals surface area contributed by atoms with Gasteiger partial charge in [0.25, 0.3) is 0 Å². The molecule has 2 bridgehead atoms. The van der Waals surface area contributed by atoms with Crippen molar-refractivity contribution in [2.45, 2.75) is 27.7 Å². The topological polar surface area (TPSA) is 6.48 Å². The van der Waals surface area contributed by atoms with Gasteiger partial charge in [0.2, 0.25) is 0 Å². The van der Waals surface area contributed by atoms with Crippen LogP contribution in [0.15, 0.2) is 11.6 Å². The van der Waals surface area contributed by atoms with Gasteiger partial charge in [-0.1, -0.05) is 32.4 Å². The number of nitrogens with zero attached hydrogens (tertiary/aromatic N) is 2. The summed E-state index contributed by atoms with van der Waals surface area (Å²) < 4.78 is 0. The molecule has 2 heterocycles. The second-order valence-electron chi connectivity index (χ2n) is 8.03. The predicted molar refractivity (Wildman–Crippen MR) is 83.5 cm³/mol. The van der Waals surface area contributed by atoms with Crippen LogP contribution in [-0.2, 0) is 0 Å². The van der Waals surface area contributed by atoms with Crippen molar-refractivity contribution in [2.24, 2.45) is 35.0 Å². The van der Waals surface area contributed by atoms with Crippen LogP contribution in [0.1, 0.15) is 27.7 Å². The van der Waals surface area contributed by atoms with Crippen LogP contribution in [0.4, 0.5) is 0 Å². The van der Waals surface area contributed by atoms with Crippen molar-refractivity contribution in [1.29, 1.82) is 0 Å². The lowest BCUT2D eigenvalue weighted by molar-refractivity contribution is -0.0132. The first-order chi connectivity index (χ1) is 9.58. The van der Waals surface area contributed by atoms with E-state index in [9.17, 15) is 0 Å². The zero-order chi connectivity index (χ0) is 14.1. The Morgan fingerprint density at radius 1 is 1.00 bits per heavy atom. The molecule has 0 spiro atoms. The van der Waals surface area contributed by atoms with Crippen LogP contribution in [0.3, 0.4) is 0 Å². The van der Waals surface area contributed by atoms with Crippen LogP contribution >= 0.6 is 0 Å². The summed E-state index contributed by atoms with van der Waals surface area (Å²) in [4.78, 5) is 5.43.